The van der Waals surface area contributed by atoms with Gasteiger partial charge in [-0.15, -0.1) is 0 Å². The summed E-state index contributed by atoms with van der Waals surface area (Å²) in [5, 5.41) is 3.32. The molecule has 2 atom stereocenters. The third-order valence-corrected chi connectivity index (χ3v) is 3.24. The Kier molecular flexibility index (Phi) is 4.34. The first-order valence-corrected chi connectivity index (χ1v) is 6.11. The number of nitrogens with one attached hydrogen (secondary N) is 1. The lowest BCUT2D eigenvalue weighted by Crippen LogP contribution is -2.22. The maximum Gasteiger partial charge on any atom is 0.137 e. The van der Waals surface area contributed by atoms with E-state index >= 15 is 0 Å². The Bertz CT molecular complexity index is 351. The Morgan fingerprint density at radius 2 is 2.47 bits per heavy atom. The fourth-order valence-electron chi connectivity index (χ4n) is 2.25. The van der Waals surface area contributed by atoms with Crippen molar-refractivity contribution in [3.63, 3.8) is 0 Å². The van der Waals surface area contributed by atoms with Crippen molar-refractivity contribution in [2.24, 2.45) is 0 Å². The minimum absolute atomic E-state index is 0.278. The molecule has 0 aromatic carbocycles. The van der Waals surface area contributed by atoms with E-state index < -0.39 is 0 Å². The second-order valence-corrected chi connectivity index (χ2v) is 4.37. The van der Waals surface area contributed by atoms with Gasteiger partial charge in [-0.3, -0.25) is 4.98 Å². The molecule has 0 amide bonds. The third kappa shape index (κ3) is 3.17. The van der Waals surface area contributed by atoms with Gasteiger partial charge in [0.2, 0.25) is 0 Å². The molecule has 2 rings (SSSR count). The van der Waals surface area contributed by atoms with Crippen molar-refractivity contribution in [2.45, 2.75) is 31.4 Å². The molecule has 0 saturated carbocycles. The highest BCUT2D eigenvalue weighted by atomic mass is 16.5. The summed E-state index contributed by atoms with van der Waals surface area (Å²) >= 11 is 0. The van der Waals surface area contributed by atoms with Crippen molar-refractivity contribution >= 4 is 0 Å². The highest BCUT2D eigenvalue weighted by Gasteiger charge is 2.21. The Balaban J connectivity index is 2.04. The predicted octanol–water partition coefficient (Wildman–Crippen LogP) is 1.92. The van der Waals surface area contributed by atoms with E-state index in [0.717, 1.165) is 30.8 Å². The Hall–Kier alpha value is -1.13. The molecule has 1 aliphatic rings. The van der Waals surface area contributed by atoms with Crippen LogP contribution in [0, 0.1) is 0 Å². The summed E-state index contributed by atoms with van der Waals surface area (Å²) in [5.41, 5.74) is 1.15. The van der Waals surface area contributed by atoms with Gasteiger partial charge in [-0.2, -0.15) is 0 Å². The maximum absolute atomic E-state index is 5.67. The number of pyridine rings is 1. The van der Waals surface area contributed by atoms with Crippen molar-refractivity contribution in [1.29, 1.82) is 0 Å². The molecule has 1 N–H and O–H groups in total. The van der Waals surface area contributed by atoms with Crippen molar-refractivity contribution in [1.82, 2.24) is 10.3 Å². The number of aromatic nitrogens is 1. The Labute approximate surface area is 102 Å². The topological polar surface area (TPSA) is 43.4 Å². The fourth-order valence-corrected chi connectivity index (χ4v) is 2.25. The van der Waals surface area contributed by atoms with Gasteiger partial charge in [0.15, 0.2) is 0 Å². The van der Waals surface area contributed by atoms with Crippen LogP contribution in [0.5, 0.6) is 5.75 Å². The number of hydrogen-bond acceptors (Lipinski definition) is 4. The van der Waals surface area contributed by atoms with Crippen LogP contribution in [-0.2, 0) is 4.74 Å². The smallest absolute Gasteiger partial charge is 0.137 e. The van der Waals surface area contributed by atoms with E-state index in [1.807, 2.05) is 19.3 Å². The molecule has 0 radical (unpaired) electrons. The molecule has 1 fully saturated rings. The summed E-state index contributed by atoms with van der Waals surface area (Å²) in [7, 11) is 3.63. The summed E-state index contributed by atoms with van der Waals surface area (Å²) in [6, 6.07) is 2.31. The molecule has 4 heteroatoms. The Morgan fingerprint density at radius 1 is 1.59 bits per heavy atom. The number of nitrogens with zero attached hydrogens (tertiary/aromatic N) is 1. The van der Waals surface area contributed by atoms with E-state index in [2.05, 4.69) is 10.3 Å². The quantitative estimate of drug-likeness (QED) is 0.848. The second-order valence-electron chi connectivity index (χ2n) is 4.37. The van der Waals surface area contributed by atoms with E-state index in [9.17, 15) is 0 Å². The van der Waals surface area contributed by atoms with Crippen molar-refractivity contribution < 1.29 is 9.47 Å². The van der Waals surface area contributed by atoms with Crippen LogP contribution in [0.1, 0.15) is 30.9 Å². The molecule has 2 heterocycles. The van der Waals surface area contributed by atoms with Gasteiger partial charge in [0.05, 0.1) is 19.4 Å². The van der Waals surface area contributed by atoms with Gasteiger partial charge in [0, 0.05) is 18.8 Å². The van der Waals surface area contributed by atoms with Crippen molar-refractivity contribution in [2.75, 3.05) is 20.8 Å². The van der Waals surface area contributed by atoms with Crippen molar-refractivity contribution in [3.05, 3.63) is 24.0 Å². The minimum Gasteiger partial charge on any atom is -0.495 e. The zero-order valence-corrected chi connectivity index (χ0v) is 10.5. The third-order valence-electron chi connectivity index (χ3n) is 3.24. The first-order chi connectivity index (χ1) is 8.33. The number of hydrogen-bond donors (Lipinski definition) is 1. The SMILES string of the molecule is CNC(CC1CCCO1)c1cncc(OC)c1. The summed E-state index contributed by atoms with van der Waals surface area (Å²) in [6.07, 6.45) is 7.32. The lowest BCUT2D eigenvalue weighted by Gasteiger charge is -2.20. The summed E-state index contributed by atoms with van der Waals surface area (Å²) < 4.78 is 10.9. The molecule has 4 nitrogen and oxygen atoms in total. The summed E-state index contributed by atoms with van der Waals surface area (Å²) in [4.78, 5) is 4.19. The van der Waals surface area contributed by atoms with E-state index in [-0.39, 0.29) is 6.04 Å². The van der Waals surface area contributed by atoms with Crippen LogP contribution >= 0.6 is 0 Å². The largest absolute Gasteiger partial charge is 0.495 e. The predicted molar refractivity (Wildman–Crippen MR) is 66.2 cm³/mol. The molecule has 1 saturated heterocycles. The average Bonchev–Trinajstić information content (AvgIpc) is 2.89. The highest BCUT2D eigenvalue weighted by Crippen LogP contribution is 2.26. The average molecular weight is 236 g/mol. The summed E-state index contributed by atoms with van der Waals surface area (Å²) in [6.45, 7) is 0.900. The van der Waals surface area contributed by atoms with Crippen LogP contribution in [0.15, 0.2) is 18.5 Å². The van der Waals surface area contributed by atoms with Gasteiger partial charge >= 0.3 is 0 Å². The molecular formula is C13H20N2O2. The standard InChI is InChI=1S/C13H20N2O2/c1-14-13(7-11-4-3-5-17-11)10-6-12(16-2)9-15-8-10/h6,8-9,11,13-14H,3-5,7H2,1-2H3. The van der Waals surface area contributed by atoms with Gasteiger partial charge < -0.3 is 14.8 Å². The van der Waals surface area contributed by atoms with Gasteiger partial charge in [-0.05, 0) is 37.9 Å². The lowest BCUT2D eigenvalue weighted by molar-refractivity contribution is 0.0953. The zero-order chi connectivity index (χ0) is 12.1. The molecule has 94 valence electrons. The van der Waals surface area contributed by atoms with Crippen LogP contribution in [0.4, 0.5) is 0 Å². The molecular weight excluding hydrogens is 216 g/mol. The number of methoxy groups -OCH3 is 1. The van der Waals surface area contributed by atoms with E-state index in [1.54, 1.807) is 13.3 Å². The van der Waals surface area contributed by atoms with E-state index in [1.165, 1.54) is 6.42 Å². The van der Waals surface area contributed by atoms with Crippen LogP contribution in [0.25, 0.3) is 0 Å². The minimum atomic E-state index is 0.278. The molecule has 2 unspecified atom stereocenters. The highest BCUT2D eigenvalue weighted by molar-refractivity contribution is 5.26. The molecule has 0 aliphatic carbocycles. The zero-order valence-electron chi connectivity index (χ0n) is 10.5. The Morgan fingerprint density at radius 3 is 3.12 bits per heavy atom. The van der Waals surface area contributed by atoms with Crippen LogP contribution in [0.3, 0.4) is 0 Å². The van der Waals surface area contributed by atoms with Crippen LogP contribution in [-0.4, -0.2) is 31.9 Å². The molecule has 1 aromatic heterocycles. The lowest BCUT2D eigenvalue weighted by atomic mass is 10.0. The first kappa shape index (κ1) is 12.3. The number of ether oxygens (including phenoxy) is 2. The summed E-state index contributed by atoms with van der Waals surface area (Å²) in [5.74, 6) is 0.801. The monoisotopic (exact) mass is 236 g/mol. The van der Waals surface area contributed by atoms with Crippen LogP contribution in [0.2, 0.25) is 0 Å². The van der Waals surface area contributed by atoms with Gasteiger partial charge in [-0.25, -0.2) is 0 Å². The molecule has 17 heavy (non-hydrogen) atoms. The first-order valence-electron chi connectivity index (χ1n) is 6.11. The fraction of sp³-hybridized carbons (Fsp3) is 0.615. The number of rotatable bonds is 5. The molecule has 1 aromatic rings. The molecule has 0 spiro atoms. The maximum atomic E-state index is 5.67. The van der Waals surface area contributed by atoms with Crippen LogP contribution < -0.4 is 10.1 Å². The molecule has 1 aliphatic heterocycles. The van der Waals surface area contributed by atoms with Gasteiger partial charge in [0.1, 0.15) is 5.75 Å². The van der Waals surface area contributed by atoms with Gasteiger partial charge in [-0.1, -0.05) is 0 Å². The van der Waals surface area contributed by atoms with Crippen molar-refractivity contribution in [3.8, 4) is 5.75 Å². The molecule has 0 bridgehead atoms. The van der Waals surface area contributed by atoms with E-state index in [0.29, 0.717) is 6.10 Å². The van der Waals surface area contributed by atoms with E-state index in [4.69, 9.17) is 9.47 Å². The normalized spacial score (nSPS) is 21.4. The van der Waals surface area contributed by atoms with Gasteiger partial charge in [0.25, 0.3) is 0 Å². The second kappa shape index (κ2) is 5.98.